The molecule has 0 atom stereocenters. The van der Waals surface area contributed by atoms with E-state index in [1.807, 2.05) is 48.5 Å². The molecule has 0 bridgehead atoms. The Balaban J connectivity index is 1.91. The number of benzene rings is 1. The van der Waals surface area contributed by atoms with Crippen LogP contribution in [0, 0.1) is 6.92 Å². The number of nitrogens with one attached hydrogen (secondary N) is 1. The van der Waals surface area contributed by atoms with Gasteiger partial charge in [-0.25, -0.2) is 5.43 Å². The summed E-state index contributed by atoms with van der Waals surface area (Å²) in [6.07, 6.45) is 1.69. The lowest BCUT2D eigenvalue weighted by Crippen LogP contribution is -2.20. The van der Waals surface area contributed by atoms with Crippen molar-refractivity contribution >= 4 is 11.6 Å². The van der Waals surface area contributed by atoms with Gasteiger partial charge in [0.25, 0.3) is 0 Å². The molecule has 0 aliphatic heterocycles. The van der Waals surface area contributed by atoms with Gasteiger partial charge in [0, 0.05) is 11.8 Å². The standard InChI is InChI=1S/C18H15N3O2/c1-13-10-11-16(23-13)18(22)21-20-17(14-7-3-2-4-8-14)15-9-5-6-12-19-15/h2-12H,1H3,(H,21,22)/b20-17+. The van der Waals surface area contributed by atoms with Crippen molar-refractivity contribution in [1.82, 2.24) is 10.4 Å². The summed E-state index contributed by atoms with van der Waals surface area (Å²) in [7, 11) is 0. The van der Waals surface area contributed by atoms with Crippen molar-refractivity contribution in [3.63, 3.8) is 0 Å². The molecule has 0 spiro atoms. The topological polar surface area (TPSA) is 67.5 Å². The van der Waals surface area contributed by atoms with Crippen LogP contribution in [0.2, 0.25) is 0 Å². The van der Waals surface area contributed by atoms with Crippen molar-refractivity contribution < 1.29 is 9.21 Å². The minimum Gasteiger partial charge on any atom is -0.456 e. The van der Waals surface area contributed by atoms with Crippen molar-refractivity contribution in [3.05, 3.63) is 89.6 Å². The second-order valence-corrected chi connectivity index (χ2v) is 4.89. The smallest absolute Gasteiger partial charge is 0.307 e. The first kappa shape index (κ1) is 14.7. The third-order valence-corrected chi connectivity index (χ3v) is 3.19. The van der Waals surface area contributed by atoms with E-state index in [0.29, 0.717) is 17.2 Å². The number of amides is 1. The molecule has 5 nitrogen and oxygen atoms in total. The highest BCUT2D eigenvalue weighted by Gasteiger charge is 2.12. The second kappa shape index (κ2) is 6.70. The normalized spacial score (nSPS) is 11.3. The number of hydrogen-bond acceptors (Lipinski definition) is 4. The molecule has 0 fully saturated rings. The number of aromatic nitrogens is 1. The molecule has 2 heterocycles. The van der Waals surface area contributed by atoms with Gasteiger partial charge in [0.15, 0.2) is 5.76 Å². The summed E-state index contributed by atoms with van der Waals surface area (Å²) in [5, 5.41) is 4.24. The molecule has 114 valence electrons. The first-order valence-corrected chi connectivity index (χ1v) is 7.15. The average molecular weight is 305 g/mol. The molecule has 3 aromatic rings. The van der Waals surface area contributed by atoms with Gasteiger partial charge in [-0.1, -0.05) is 36.4 Å². The number of carbonyl (C=O) groups is 1. The van der Waals surface area contributed by atoms with Gasteiger partial charge in [0.2, 0.25) is 0 Å². The van der Waals surface area contributed by atoms with Crippen LogP contribution >= 0.6 is 0 Å². The molecule has 1 aromatic carbocycles. The van der Waals surface area contributed by atoms with Crippen molar-refractivity contribution in [2.45, 2.75) is 6.92 Å². The van der Waals surface area contributed by atoms with E-state index in [-0.39, 0.29) is 5.76 Å². The highest BCUT2D eigenvalue weighted by molar-refractivity contribution is 6.12. The number of pyridine rings is 1. The maximum atomic E-state index is 12.1. The Morgan fingerprint density at radius 1 is 1.04 bits per heavy atom. The second-order valence-electron chi connectivity index (χ2n) is 4.89. The van der Waals surface area contributed by atoms with Crippen LogP contribution in [-0.2, 0) is 0 Å². The van der Waals surface area contributed by atoms with Gasteiger partial charge >= 0.3 is 5.91 Å². The molecule has 2 aromatic heterocycles. The Hall–Kier alpha value is -3.21. The van der Waals surface area contributed by atoms with E-state index in [1.165, 1.54) is 0 Å². The van der Waals surface area contributed by atoms with E-state index < -0.39 is 5.91 Å². The van der Waals surface area contributed by atoms with Crippen molar-refractivity contribution in [2.24, 2.45) is 5.10 Å². The summed E-state index contributed by atoms with van der Waals surface area (Å²) >= 11 is 0. The Labute approximate surface area is 133 Å². The van der Waals surface area contributed by atoms with E-state index in [4.69, 9.17) is 4.42 Å². The summed E-state index contributed by atoms with van der Waals surface area (Å²) < 4.78 is 5.29. The first-order valence-electron chi connectivity index (χ1n) is 7.15. The first-order chi connectivity index (χ1) is 11.2. The predicted molar refractivity (Wildman–Crippen MR) is 87.2 cm³/mol. The largest absolute Gasteiger partial charge is 0.456 e. The monoisotopic (exact) mass is 305 g/mol. The Kier molecular flexibility index (Phi) is 4.29. The highest BCUT2D eigenvalue weighted by atomic mass is 16.3. The molecule has 1 N–H and O–H groups in total. The molecule has 5 heteroatoms. The molecule has 0 aliphatic carbocycles. The van der Waals surface area contributed by atoms with Gasteiger partial charge in [-0.05, 0) is 31.2 Å². The molecule has 3 rings (SSSR count). The van der Waals surface area contributed by atoms with Crippen LogP contribution in [0.1, 0.15) is 27.6 Å². The maximum Gasteiger partial charge on any atom is 0.307 e. The van der Waals surface area contributed by atoms with E-state index in [1.54, 1.807) is 25.3 Å². The molecular formula is C18H15N3O2. The number of aryl methyl sites for hydroxylation is 1. The molecule has 0 saturated carbocycles. The third kappa shape index (κ3) is 3.52. The zero-order valence-electron chi connectivity index (χ0n) is 12.6. The Bertz CT molecular complexity index is 782. The molecule has 0 aliphatic rings. The summed E-state index contributed by atoms with van der Waals surface area (Å²) in [4.78, 5) is 16.4. The predicted octanol–water partition coefficient (Wildman–Crippen LogP) is 3.17. The highest BCUT2D eigenvalue weighted by Crippen LogP contribution is 2.09. The number of carbonyl (C=O) groups excluding carboxylic acids is 1. The van der Waals surface area contributed by atoms with Gasteiger partial charge in [0.1, 0.15) is 11.5 Å². The van der Waals surface area contributed by atoms with Crippen LogP contribution in [0.3, 0.4) is 0 Å². The van der Waals surface area contributed by atoms with E-state index in [2.05, 4.69) is 15.5 Å². The molecular weight excluding hydrogens is 290 g/mol. The van der Waals surface area contributed by atoms with E-state index >= 15 is 0 Å². The van der Waals surface area contributed by atoms with E-state index in [0.717, 1.165) is 5.56 Å². The van der Waals surface area contributed by atoms with Crippen molar-refractivity contribution in [1.29, 1.82) is 0 Å². The number of hydrazone groups is 1. The van der Waals surface area contributed by atoms with Gasteiger partial charge in [-0.3, -0.25) is 9.78 Å². The molecule has 23 heavy (non-hydrogen) atoms. The van der Waals surface area contributed by atoms with Crippen LogP contribution in [0.25, 0.3) is 0 Å². The molecule has 0 saturated heterocycles. The fraction of sp³-hybridized carbons (Fsp3) is 0.0556. The summed E-state index contributed by atoms with van der Waals surface area (Å²) in [6, 6.07) is 18.5. The minimum absolute atomic E-state index is 0.222. The molecule has 0 unspecified atom stereocenters. The fourth-order valence-corrected chi connectivity index (χ4v) is 2.09. The SMILES string of the molecule is Cc1ccc(C(=O)N/N=C(\c2ccccc2)c2ccccn2)o1. The average Bonchev–Trinajstić information content (AvgIpc) is 3.03. The van der Waals surface area contributed by atoms with E-state index in [9.17, 15) is 4.79 Å². The van der Waals surface area contributed by atoms with Gasteiger partial charge in [-0.15, -0.1) is 0 Å². The summed E-state index contributed by atoms with van der Waals surface area (Å²) in [5.41, 5.74) is 4.65. The van der Waals surface area contributed by atoms with Crippen LogP contribution in [0.4, 0.5) is 0 Å². The van der Waals surface area contributed by atoms with Crippen molar-refractivity contribution in [2.75, 3.05) is 0 Å². The lowest BCUT2D eigenvalue weighted by molar-refractivity contribution is 0.0926. The van der Waals surface area contributed by atoms with Crippen molar-refractivity contribution in [3.8, 4) is 0 Å². The Morgan fingerprint density at radius 3 is 2.48 bits per heavy atom. The minimum atomic E-state index is -0.400. The summed E-state index contributed by atoms with van der Waals surface area (Å²) in [5.74, 6) is 0.495. The van der Waals surface area contributed by atoms with Gasteiger partial charge < -0.3 is 4.42 Å². The van der Waals surface area contributed by atoms with Crippen LogP contribution < -0.4 is 5.43 Å². The third-order valence-electron chi connectivity index (χ3n) is 3.19. The number of rotatable bonds is 4. The molecule has 1 amide bonds. The number of furan rings is 1. The van der Waals surface area contributed by atoms with Crippen LogP contribution in [0.15, 0.2) is 76.4 Å². The summed E-state index contributed by atoms with van der Waals surface area (Å²) in [6.45, 7) is 1.78. The maximum absolute atomic E-state index is 12.1. The molecule has 0 radical (unpaired) electrons. The lowest BCUT2D eigenvalue weighted by atomic mass is 10.1. The lowest BCUT2D eigenvalue weighted by Gasteiger charge is -2.06. The zero-order chi connectivity index (χ0) is 16.1. The van der Waals surface area contributed by atoms with Crippen LogP contribution in [0.5, 0.6) is 0 Å². The van der Waals surface area contributed by atoms with Gasteiger partial charge in [0.05, 0.1) is 5.69 Å². The van der Waals surface area contributed by atoms with Crippen LogP contribution in [-0.4, -0.2) is 16.6 Å². The quantitative estimate of drug-likeness (QED) is 0.594. The Morgan fingerprint density at radius 2 is 1.83 bits per heavy atom. The number of hydrogen-bond donors (Lipinski definition) is 1. The van der Waals surface area contributed by atoms with Gasteiger partial charge in [-0.2, -0.15) is 5.10 Å². The zero-order valence-corrected chi connectivity index (χ0v) is 12.6. The number of nitrogens with zero attached hydrogens (tertiary/aromatic N) is 2. The fourth-order valence-electron chi connectivity index (χ4n) is 2.09.